The number of hydrogen-bond donors (Lipinski definition) is 12. The number of hydrogen-bond acceptors (Lipinski definition) is 12. The molecule has 0 aliphatic carbocycles. The molecular weight excluding hydrogens is 1650 g/mol. The number of aromatic hydroxyl groups is 1. The maximum absolute atomic E-state index is 15.0. The summed E-state index contributed by atoms with van der Waals surface area (Å²) in [5.74, 6) is -10.4. The minimum absolute atomic E-state index is 0.00556. The van der Waals surface area contributed by atoms with Gasteiger partial charge in [0.2, 0.25) is 23.6 Å². The van der Waals surface area contributed by atoms with E-state index in [0.717, 1.165) is 47.7 Å². The number of quaternary nitrogens is 3. The number of phenolic OH excluding ortho intramolecular Hbond substituents is 1. The quantitative estimate of drug-likeness (QED) is 0.00964. The summed E-state index contributed by atoms with van der Waals surface area (Å²) >= 11 is 6.76. The summed E-state index contributed by atoms with van der Waals surface area (Å²) in [5, 5.41) is 30.9. The van der Waals surface area contributed by atoms with Crippen LogP contribution < -0.4 is 68.2 Å². The number of aromatic amines is 1. The van der Waals surface area contributed by atoms with Gasteiger partial charge in [-0.3, -0.25) is 59.6 Å². The van der Waals surface area contributed by atoms with Gasteiger partial charge in [0.25, 0.3) is 0 Å². The molecule has 23 nitrogen and oxygen atoms in total. The summed E-state index contributed by atoms with van der Waals surface area (Å²) < 4.78 is 0. The first-order valence-corrected chi connectivity index (χ1v) is 49.5. The number of fused-ring (bicyclic) bond motifs is 1. The standard InChI is InChI=1S/C74H111N11O12S.I3/c1-7-8-10-22-51(73(96)97)41-64(88)60(27-16-18-34-76)82-70(93)53(39-54-45-81-59-26-14-13-24-56(54)59)43-65(89)61(32-36-98-6)83-72(95)57(46(2)3)44-67(91)68(47(4)5)85-71(94)52(37-49-28-30-55(86)31-29-49)42-66(90)62(38-48-20-11-9-12-21-48)84-69(92)50(23-19-35-80-74(78)79)40-63(87)58(77)25-15-17-33-75;1-3-2/h9,11-14,20-21,24,26,28-31,45-47,50-53,57-58,60-62,68,81,86H,7-8,10,15-19,22-23,25,27,32-44,75-77H2,1-6H3,(H,82,93)(H,83,95)(H,84,92)(H,85,94)(H,96,97)(H4,78,79,80);/q;-1/p+5/t50-,51+,52-,53-,57+,58+,60+,61+,62+,68+;/m1./s1. The average molecular weight is 1760 g/mol. The van der Waals surface area contributed by atoms with Gasteiger partial charge in [0.15, 0.2) is 28.9 Å². The number of aromatic nitrogens is 1. The van der Waals surface area contributed by atoms with Gasteiger partial charge in [-0.2, -0.15) is 11.8 Å². The number of carbonyl (C=O) groups is 10. The van der Waals surface area contributed by atoms with E-state index in [0.29, 0.717) is 82.7 Å². The average Bonchev–Trinajstić information content (AvgIpc) is 1.77. The van der Waals surface area contributed by atoms with Crippen molar-refractivity contribution in [2.45, 2.75) is 200 Å². The van der Waals surface area contributed by atoms with Crippen molar-refractivity contribution in [2.75, 3.05) is 31.6 Å². The second-order valence-electron chi connectivity index (χ2n) is 27.1. The van der Waals surface area contributed by atoms with Crippen LogP contribution in [0.3, 0.4) is 0 Å². The maximum atomic E-state index is 15.0. The van der Waals surface area contributed by atoms with Crippen molar-refractivity contribution in [3.8, 4) is 5.75 Å². The van der Waals surface area contributed by atoms with Crippen LogP contribution >= 0.6 is 49.0 Å². The normalized spacial score (nSPS) is 14.3. The molecule has 101 heavy (non-hydrogen) atoms. The van der Waals surface area contributed by atoms with E-state index in [-0.39, 0.29) is 87.5 Å². The van der Waals surface area contributed by atoms with Crippen molar-refractivity contribution in [3.05, 3.63) is 102 Å². The number of benzene rings is 3. The van der Waals surface area contributed by atoms with Crippen LogP contribution in [0.1, 0.15) is 167 Å². The first-order chi connectivity index (χ1) is 48.2. The van der Waals surface area contributed by atoms with E-state index in [1.165, 1.54) is 23.9 Å². The molecule has 1 aromatic heterocycles. The molecule has 562 valence electrons. The van der Waals surface area contributed by atoms with Crippen LogP contribution in [-0.4, -0.2) is 142 Å². The van der Waals surface area contributed by atoms with E-state index in [9.17, 15) is 53.1 Å². The summed E-state index contributed by atoms with van der Waals surface area (Å²) in [6.07, 6.45) is 9.71. The minimum atomic E-state index is -1.16. The number of Topliss-reactive ketones (excluding diaryl/α,β-unsaturated/α-hetero) is 5. The fourth-order valence-corrected chi connectivity index (χ4v) is 12.8. The molecule has 4 rings (SSSR count). The molecule has 0 fully saturated rings. The van der Waals surface area contributed by atoms with E-state index in [2.05, 4.69) is 85.7 Å². The van der Waals surface area contributed by atoms with Gasteiger partial charge in [-0.15, -0.1) is 0 Å². The molecule has 0 unspecified atom stereocenters. The van der Waals surface area contributed by atoms with Crippen molar-refractivity contribution < 1.29 is 93.6 Å². The van der Waals surface area contributed by atoms with Gasteiger partial charge in [0.1, 0.15) is 17.7 Å². The topological polar surface area (TPSA) is 427 Å². The van der Waals surface area contributed by atoms with Crippen molar-refractivity contribution in [3.63, 3.8) is 0 Å². The second-order valence-corrected chi connectivity index (χ2v) is 44.4. The number of nitrogens with one attached hydrogen (secondary N) is 6. The summed E-state index contributed by atoms with van der Waals surface area (Å²) in [5.41, 5.74) is 26.1. The molecule has 4 amide bonds. The number of guanidine groups is 1. The van der Waals surface area contributed by atoms with Gasteiger partial charge in [-0.05, 0) is 136 Å². The molecule has 0 spiro atoms. The Morgan fingerprint density at radius 1 is 0.574 bits per heavy atom. The second kappa shape index (κ2) is 49.9. The van der Waals surface area contributed by atoms with E-state index < -0.39 is 125 Å². The molecule has 0 saturated carbocycles. The summed E-state index contributed by atoms with van der Waals surface area (Å²) in [4.78, 5) is 150. The molecule has 3 aromatic carbocycles. The number of unbranched alkanes of at least 4 members (excludes halogenated alkanes) is 4. The molecule has 0 saturated heterocycles. The summed E-state index contributed by atoms with van der Waals surface area (Å²) in [7, 11) is 0. The van der Waals surface area contributed by atoms with Crippen LogP contribution in [-0.2, 0) is 67.2 Å². The van der Waals surface area contributed by atoms with Gasteiger partial charge in [-0.1, -0.05) is 115 Å². The number of nitrogens with two attached hydrogens (primary N) is 2. The third kappa shape index (κ3) is 33.8. The van der Waals surface area contributed by atoms with Gasteiger partial charge in [0.05, 0.1) is 43.8 Å². The third-order valence-corrected chi connectivity index (χ3v) is 19.1. The van der Waals surface area contributed by atoms with Crippen LogP contribution in [0.15, 0.2) is 85.1 Å². The Hall–Kier alpha value is -5.61. The number of rotatable bonds is 51. The zero-order valence-electron chi connectivity index (χ0n) is 60.0. The fraction of sp³-hybridized carbons (Fsp3) is 0.581. The van der Waals surface area contributed by atoms with Gasteiger partial charge >= 0.3 is 62.4 Å². The SMILES string of the molecule is CCCCC[C@@H](CC(=O)[C@H](CCCC[NH3+])NC(=O)[C@@H](CC(=O)[C@H](CCSC)NC(=O)[C@@H](CC(=O)[C@@H](NC(=O)[C@@H](CC(=O)[C@H](Cc1ccccc1)NC(=O)[C@H](CCC[NH+]=C(N)N)CC(=O)[C@@H]([NH3+])CCCC[NH3+])Cc1ccc(O)cc1)C(C)C)C(C)C)Cc1c[nH]c2ccccc12)C(=O)[OH2+].I[I-]I. The molecule has 22 N–H and O–H groups in total. The molecule has 0 aliphatic heterocycles. The Morgan fingerprint density at radius 3 is 1.68 bits per heavy atom. The third-order valence-electron chi connectivity index (χ3n) is 18.4. The number of halogens is 3. The van der Waals surface area contributed by atoms with Crippen molar-refractivity contribution in [1.82, 2.24) is 26.3 Å². The Kier molecular flexibility index (Phi) is 44.3. The Morgan fingerprint density at radius 2 is 1.09 bits per heavy atom. The molecule has 0 bridgehead atoms. The number of H-pyrrole nitrogens is 1. The molecule has 0 radical (unpaired) electrons. The number of ketones is 5. The molecule has 0 aliphatic rings. The van der Waals surface area contributed by atoms with Crippen LogP contribution in [0, 0.1) is 41.4 Å². The number of para-hydroxylation sites is 1. The summed E-state index contributed by atoms with van der Waals surface area (Å²) in [6.45, 7) is 10.7. The Balaban J connectivity index is 0.00000867. The first-order valence-electron chi connectivity index (χ1n) is 35.6. The fourth-order valence-electron chi connectivity index (χ4n) is 12.4. The predicted molar refractivity (Wildman–Crippen MR) is 409 cm³/mol. The van der Waals surface area contributed by atoms with Crippen molar-refractivity contribution >= 4 is 124 Å². The molecule has 10 atom stereocenters. The van der Waals surface area contributed by atoms with Crippen molar-refractivity contribution in [1.29, 1.82) is 0 Å². The van der Waals surface area contributed by atoms with E-state index >= 15 is 0 Å². The molecular formula is C74H116I3N11O12S+4. The van der Waals surface area contributed by atoms with Gasteiger partial charge < -0.3 is 53.7 Å². The predicted octanol–water partition coefficient (Wildman–Crippen LogP) is 0.959. The van der Waals surface area contributed by atoms with Crippen LogP contribution in [0.25, 0.3) is 10.9 Å². The number of phenols is 1. The van der Waals surface area contributed by atoms with E-state index in [1.807, 2.05) is 55.6 Å². The zero-order valence-corrected chi connectivity index (χ0v) is 67.3. The van der Waals surface area contributed by atoms with Gasteiger partial charge in [-0.25, -0.2) is 0 Å². The van der Waals surface area contributed by atoms with E-state index in [4.69, 9.17) is 16.6 Å². The van der Waals surface area contributed by atoms with E-state index in [1.54, 1.807) is 58.2 Å². The summed E-state index contributed by atoms with van der Waals surface area (Å²) in [6, 6.07) is 17.8. The Bertz CT molecular complexity index is 3250. The number of carbonyl (C=O) groups excluding carboxylic acids is 10. The molecule has 1 heterocycles. The first kappa shape index (κ1) is 89.6. The monoisotopic (exact) mass is 1760 g/mol. The number of thioether (sulfide) groups is 1. The van der Waals surface area contributed by atoms with Crippen LogP contribution in [0.4, 0.5) is 0 Å². The van der Waals surface area contributed by atoms with Crippen LogP contribution in [0.5, 0.6) is 5.75 Å². The Labute approximate surface area is 630 Å². The zero-order chi connectivity index (χ0) is 75.0. The van der Waals surface area contributed by atoms with Crippen molar-refractivity contribution in [2.24, 2.45) is 52.9 Å². The van der Waals surface area contributed by atoms with Gasteiger partial charge in [0, 0.05) is 84.1 Å². The molecule has 27 heteroatoms. The van der Waals surface area contributed by atoms with Crippen LogP contribution in [0.2, 0.25) is 0 Å². The molecule has 4 aromatic rings. The number of amides is 4.